The van der Waals surface area contributed by atoms with Crippen molar-refractivity contribution in [2.75, 3.05) is 6.61 Å². The molecule has 3 rings (SSSR count). The lowest BCUT2D eigenvalue weighted by atomic mass is 9.66. The third-order valence-electron chi connectivity index (χ3n) is 4.76. The van der Waals surface area contributed by atoms with Crippen molar-refractivity contribution in [2.24, 2.45) is 0 Å². The quantitative estimate of drug-likeness (QED) is 0.470. The lowest BCUT2D eigenvalue weighted by Gasteiger charge is -2.36. The Morgan fingerprint density at radius 1 is 0.542 bits per heavy atom. The van der Waals surface area contributed by atoms with Gasteiger partial charge < -0.3 is 5.11 Å². The Kier molecular flexibility index (Phi) is 5.45. The third-order valence-corrected chi connectivity index (χ3v) is 4.76. The molecule has 0 saturated carbocycles. The molecule has 0 aliphatic heterocycles. The van der Waals surface area contributed by atoms with Crippen LogP contribution in [0.25, 0.3) is 0 Å². The summed E-state index contributed by atoms with van der Waals surface area (Å²) >= 11 is 0. The molecule has 0 amide bonds. The van der Waals surface area contributed by atoms with Gasteiger partial charge in [-0.05, 0) is 36.0 Å². The average Bonchev–Trinajstić information content (AvgIpc) is 2.68. The van der Waals surface area contributed by atoms with Gasteiger partial charge in [-0.1, -0.05) is 91.0 Å². The first-order valence-electron chi connectivity index (χ1n) is 8.65. The van der Waals surface area contributed by atoms with Crippen LogP contribution in [0.15, 0.2) is 91.0 Å². The number of rotatable bonds is 7. The monoisotopic (exact) mass is 316 g/mol. The maximum Gasteiger partial charge on any atom is 0.0451 e. The van der Waals surface area contributed by atoms with E-state index >= 15 is 0 Å². The molecule has 0 aliphatic carbocycles. The summed E-state index contributed by atoms with van der Waals surface area (Å²) in [6.07, 6.45) is 2.79. The Morgan fingerprint density at radius 2 is 0.917 bits per heavy atom. The number of unbranched alkanes of at least 4 members (excludes halogenated alkanes) is 1. The SMILES string of the molecule is OCCCCC(c1ccccc1)(c1ccccc1)c1ccccc1. The van der Waals surface area contributed by atoms with Crippen LogP contribution in [0.4, 0.5) is 0 Å². The number of aliphatic hydroxyl groups is 1. The van der Waals surface area contributed by atoms with Crippen molar-refractivity contribution >= 4 is 0 Å². The Hall–Kier alpha value is -2.38. The van der Waals surface area contributed by atoms with Gasteiger partial charge in [0.2, 0.25) is 0 Å². The van der Waals surface area contributed by atoms with Gasteiger partial charge in [-0.3, -0.25) is 0 Å². The van der Waals surface area contributed by atoms with Crippen molar-refractivity contribution < 1.29 is 5.11 Å². The van der Waals surface area contributed by atoms with E-state index in [4.69, 9.17) is 0 Å². The lowest BCUT2D eigenvalue weighted by molar-refractivity contribution is 0.279. The molecule has 0 bridgehead atoms. The van der Waals surface area contributed by atoms with Crippen molar-refractivity contribution in [3.8, 4) is 0 Å². The molecular weight excluding hydrogens is 292 g/mol. The zero-order chi connectivity index (χ0) is 16.7. The van der Waals surface area contributed by atoms with Crippen molar-refractivity contribution in [1.29, 1.82) is 0 Å². The van der Waals surface area contributed by atoms with E-state index < -0.39 is 0 Å². The Labute approximate surface area is 144 Å². The molecule has 0 saturated heterocycles. The Balaban J connectivity index is 2.20. The van der Waals surface area contributed by atoms with Crippen LogP contribution in [-0.2, 0) is 5.41 Å². The van der Waals surface area contributed by atoms with Gasteiger partial charge in [0.05, 0.1) is 0 Å². The van der Waals surface area contributed by atoms with Gasteiger partial charge in [-0.25, -0.2) is 0 Å². The summed E-state index contributed by atoms with van der Waals surface area (Å²) in [5.41, 5.74) is 3.74. The maximum atomic E-state index is 9.27. The highest BCUT2D eigenvalue weighted by molar-refractivity contribution is 5.50. The molecule has 0 aliphatic rings. The first-order chi connectivity index (χ1) is 11.9. The third kappa shape index (κ3) is 3.27. The van der Waals surface area contributed by atoms with Crippen LogP contribution in [0, 0.1) is 0 Å². The van der Waals surface area contributed by atoms with Crippen LogP contribution < -0.4 is 0 Å². The van der Waals surface area contributed by atoms with E-state index in [0.717, 1.165) is 19.3 Å². The summed E-state index contributed by atoms with van der Waals surface area (Å²) in [4.78, 5) is 0. The predicted molar refractivity (Wildman–Crippen MR) is 100 cm³/mol. The first-order valence-corrected chi connectivity index (χ1v) is 8.65. The molecule has 3 aromatic carbocycles. The van der Waals surface area contributed by atoms with E-state index in [1.165, 1.54) is 16.7 Å². The van der Waals surface area contributed by atoms with Gasteiger partial charge in [-0.15, -0.1) is 0 Å². The van der Waals surface area contributed by atoms with E-state index in [9.17, 15) is 5.11 Å². The lowest BCUT2D eigenvalue weighted by Crippen LogP contribution is -2.29. The van der Waals surface area contributed by atoms with Gasteiger partial charge >= 0.3 is 0 Å². The fourth-order valence-corrected chi connectivity index (χ4v) is 3.60. The highest BCUT2D eigenvalue weighted by Crippen LogP contribution is 2.43. The summed E-state index contributed by atoms with van der Waals surface area (Å²) in [5, 5.41) is 9.27. The van der Waals surface area contributed by atoms with E-state index in [0.29, 0.717) is 0 Å². The second-order valence-electron chi connectivity index (χ2n) is 6.18. The predicted octanol–water partition coefficient (Wildman–Crippen LogP) is 5.18. The molecule has 3 aromatic rings. The number of benzene rings is 3. The van der Waals surface area contributed by atoms with Gasteiger partial charge in [0.1, 0.15) is 0 Å². The molecule has 0 unspecified atom stereocenters. The van der Waals surface area contributed by atoms with Crippen LogP contribution in [0.3, 0.4) is 0 Å². The topological polar surface area (TPSA) is 20.2 Å². The maximum absolute atomic E-state index is 9.27. The Bertz CT molecular complexity index is 623. The van der Waals surface area contributed by atoms with Gasteiger partial charge in [0, 0.05) is 12.0 Å². The van der Waals surface area contributed by atoms with Crippen molar-refractivity contribution in [3.05, 3.63) is 108 Å². The second-order valence-corrected chi connectivity index (χ2v) is 6.18. The molecule has 0 atom stereocenters. The summed E-state index contributed by atoms with van der Waals surface area (Å²) in [6, 6.07) is 32.2. The molecule has 1 nitrogen and oxygen atoms in total. The first kappa shape index (κ1) is 16.5. The summed E-state index contributed by atoms with van der Waals surface area (Å²) in [5.74, 6) is 0. The Morgan fingerprint density at radius 3 is 1.25 bits per heavy atom. The van der Waals surface area contributed by atoms with E-state index in [2.05, 4.69) is 91.0 Å². The van der Waals surface area contributed by atoms with Crippen LogP contribution >= 0.6 is 0 Å². The minimum absolute atomic E-state index is 0.182. The van der Waals surface area contributed by atoms with Crippen molar-refractivity contribution in [2.45, 2.75) is 24.7 Å². The molecule has 0 spiro atoms. The van der Waals surface area contributed by atoms with Gasteiger partial charge in [-0.2, -0.15) is 0 Å². The van der Waals surface area contributed by atoms with Gasteiger partial charge in [0.25, 0.3) is 0 Å². The van der Waals surface area contributed by atoms with Crippen LogP contribution in [0.2, 0.25) is 0 Å². The van der Waals surface area contributed by atoms with Crippen LogP contribution in [-0.4, -0.2) is 11.7 Å². The normalized spacial score (nSPS) is 11.4. The highest BCUT2D eigenvalue weighted by atomic mass is 16.2. The van der Waals surface area contributed by atoms with Crippen LogP contribution in [0.1, 0.15) is 36.0 Å². The van der Waals surface area contributed by atoms with E-state index in [1.807, 2.05) is 0 Å². The van der Waals surface area contributed by atoms with Gasteiger partial charge in [0.15, 0.2) is 0 Å². The minimum Gasteiger partial charge on any atom is -0.396 e. The molecule has 0 aromatic heterocycles. The fraction of sp³-hybridized carbons (Fsp3) is 0.217. The smallest absolute Gasteiger partial charge is 0.0451 e. The largest absolute Gasteiger partial charge is 0.396 e. The summed E-state index contributed by atoms with van der Waals surface area (Å²) < 4.78 is 0. The zero-order valence-corrected chi connectivity index (χ0v) is 13.9. The summed E-state index contributed by atoms with van der Waals surface area (Å²) in [6.45, 7) is 0.244. The van der Waals surface area contributed by atoms with E-state index in [-0.39, 0.29) is 12.0 Å². The minimum atomic E-state index is -0.182. The highest BCUT2D eigenvalue weighted by Gasteiger charge is 2.35. The zero-order valence-electron chi connectivity index (χ0n) is 13.9. The average molecular weight is 316 g/mol. The molecule has 0 fully saturated rings. The number of hydrogen-bond acceptors (Lipinski definition) is 1. The molecule has 24 heavy (non-hydrogen) atoms. The van der Waals surface area contributed by atoms with Crippen molar-refractivity contribution in [3.63, 3.8) is 0 Å². The molecule has 0 heterocycles. The summed E-state index contributed by atoms with van der Waals surface area (Å²) in [7, 11) is 0. The fourth-order valence-electron chi connectivity index (χ4n) is 3.60. The standard InChI is InChI=1S/C23H24O/c24-19-11-10-18-23(20-12-4-1-5-13-20,21-14-6-2-7-15-21)22-16-8-3-9-17-22/h1-9,12-17,24H,10-11,18-19H2. The second kappa shape index (κ2) is 7.94. The van der Waals surface area contributed by atoms with Crippen LogP contribution in [0.5, 0.6) is 0 Å². The molecule has 1 heteroatoms. The van der Waals surface area contributed by atoms with Crippen molar-refractivity contribution in [1.82, 2.24) is 0 Å². The van der Waals surface area contributed by atoms with E-state index in [1.54, 1.807) is 0 Å². The molecule has 0 radical (unpaired) electrons. The molecule has 1 N–H and O–H groups in total. The number of aliphatic hydroxyl groups excluding tert-OH is 1. The number of hydrogen-bond donors (Lipinski definition) is 1. The molecule has 122 valence electrons. The molecular formula is C23H24O.